The summed E-state index contributed by atoms with van der Waals surface area (Å²) < 4.78 is 31.5. The van der Waals surface area contributed by atoms with Gasteiger partial charge < -0.3 is 10.5 Å². The molecule has 7 heteroatoms. The highest BCUT2D eigenvalue weighted by atomic mass is 32.1. The van der Waals surface area contributed by atoms with Gasteiger partial charge in [0.1, 0.15) is 10.8 Å². The third-order valence-electron chi connectivity index (χ3n) is 2.05. The molecule has 0 saturated carbocycles. The van der Waals surface area contributed by atoms with Crippen molar-refractivity contribution in [2.24, 2.45) is 5.73 Å². The van der Waals surface area contributed by atoms with Crippen LogP contribution in [0.5, 0.6) is 11.6 Å². The van der Waals surface area contributed by atoms with E-state index >= 15 is 0 Å². The maximum atomic E-state index is 13.4. The van der Waals surface area contributed by atoms with Gasteiger partial charge in [0.05, 0.1) is 11.8 Å². The van der Waals surface area contributed by atoms with Gasteiger partial charge in [0, 0.05) is 6.07 Å². The molecule has 1 aromatic carbocycles. The number of rotatable bonds is 3. The molecule has 0 aliphatic rings. The first kappa shape index (κ1) is 12.3. The molecule has 1 aromatic heterocycles. The second kappa shape index (κ2) is 5.01. The SMILES string of the molecule is NC(=S)c1ccnnc1Oc1cc(F)ccc1F. The Bertz CT molecular complexity index is 607. The van der Waals surface area contributed by atoms with Crippen LogP contribution in [0.3, 0.4) is 0 Å². The van der Waals surface area contributed by atoms with Gasteiger partial charge in [0.15, 0.2) is 11.6 Å². The molecule has 0 aliphatic carbocycles. The van der Waals surface area contributed by atoms with Gasteiger partial charge in [0.25, 0.3) is 0 Å². The van der Waals surface area contributed by atoms with Gasteiger partial charge in [-0.2, -0.15) is 5.10 Å². The van der Waals surface area contributed by atoms with Crippen molar-refractivity contribution in [3.63, 3.8) is 0 Å². The van der Waals surface area contributed by atoms with Crippen molar-refractivity contribution in [2.75, 3.05) is 0 Å². The number of hydrogen-bond acceptors (Lipinski definition) is 4. The van der Waals surface area contributed by atoms with E-state index in [0.717, 1.165) is 18.2 Å². The molecule has 0 unspecified atom stereocenters. The van der Waals surface area contributed by atoms with Crippen molar-refractivity contribution in [1.29, 1.82) is 0 Å². The number of hydrogen-bond donors (Lipinski definition) is 1. The van der Waals surface area contributed by atoms with Crippen molar-refractivity contribution in [3.8, 4) is 11.6 Å². The van der Waals surface area contributed by atoms with Crippen LogP contribution in [-0.4, -0.2) is 15.2 Å². The van der Waals surface area contributed by atoms with E-state index < -0.39 is 11.6 Å². The molecule has 92 valence electrons. The second-order valence-electron chi connectivity index (χ2n) is 3.29. The van der Waals surface area contributed by atoms with Crippen molar-refractivity contribution in [3.05, 3.63) is 47.7 Å². The fourth-order valence-electron chi connectivity index (χ4n) is 1.24. The average molecular weight is 267 g/mol. The summed E-state index contributed by atoms with van der Waals surface area (Å²) in [7, 11) is 0. The normalized spacial score (nSPS) is 10.1. The van der Waals surface area contributed by atoms with Gasteiger partial charge in [0.2, 0.25) is 5.88 Å². The van der Waals surface area contributed by atoms with Crippen molar-refractivity contribution in [2.45, 2.75) is 0 Å². The van der Waals surface area contributed by atoms with Crippen LogP contribution in [0.2, 0.25) is 0 Å². The van der Waals surface area contributed by atoms with Crippen LogP contribution >= 0.6 is 12.2 Å². The summed E-state index contributed by atoms with van der Waals surface area (Å²) >= 11 is 4.79. The lowest BCUT2D eigenvalue weighted by molar-refractivity contribution is 0.416. The van der Waals surface area contributed by atoms with Crippen LogP contribution in [0.15, 0.2) is 30.5 Å². The van der Waals surface area contributed by atoms with Crippen LogP contribution in [0.25, 0.3) is 0 Å². The molecule has 2 rings (SSSR count). The summed E-state index contributed by atoms with van der Waals surface area (Å²) in [6.45, 7) is 0. The minimum absolute atomic E-state index is 0.0247. The Morgan fingerprint density at radius 2 is 2.06 bits per heavy atom. The zero-order valence-electron chi connectivity index (χ0n) is 8.93. The first-order chi connectivity index (χ1) is 8.58. The molecule has 0 fully saturated rings. The third kappa shape index (κ3) is 2.57. The third-order valence-corrected chi connectivity index (χ3v) is 2.27. The number of benzene rings is 1. The lowest BCUT2D eigenvalue weighted by Gasteiger charge is -2.08. The molecule has 0 radical (unpaired) electrons. The molecule has 0 aliphatic heterocycles. The maximum absolute atomic E-state index is 13.4. The Kier molecular flexibility index (Phi) is 3.42. The first-order valence-electron chi connectivity index (χ1n) is 4.82. The minimum Gasteiger partial charge on any atom is -0.434 e. The van der Waals surface area contributed by atoms with Crippen molar-refractivity contribution in [1.82, 2.24) is 10.2 Å². The minimum atomic E-state index is -0.726. The Morgan fingerprint density at radius 1 is 1.28 bits per heavy atom. The maximum Gasteiger partial charge on any atom is 0.249 e. The quantitative estimate of drug-likeness (QED) is 0.864. The predicted octanol–water partition coefficient (Wildman–Crippen LogP) is 2.18. The van der Waals surface area contributed by atoms with E-state index in [1.54, 1.807) is 0 Å². The van der Waals surface area contributed by atoms with Crippen LogP contribution in [0.1, 0.15) is 5.56 Å². The largest absolute Gasteiger partial charge is 0.434 e. The summed E-state index contributed by atoms with van der Waals surface area (Å²) in [5.41, 5.74) is 5.75. The highest BCUT2D eigenvalue weighted by Crippen LogP contribution is 2.25. The molecule has 0 bridgehead atoms. The van der Waals surface area contributed by atoms with Crippen molar-refractivity contribution < 1.29 is 13.5 Å². The zero-order chi connectivity index (χ0) is 13.1. The molecule has 0 amide bonds. The second-order valence-corrected chi connectivity index (χ2v) is 3.73. The Morgan fingerprint density at radius 3 is 2.78 bits per heavy atom. The average Bonchev–Trinajstić information content (AvgIpc) is 2.34. The van der Waals surface area contributed by atoms with E-state index in [2.05, 4.69) is 10.2 Å². The molecule has 18 heavy (non-hydrogen) atoms. The molecule has 0 saturated heterocycles. The van der Waals surface area contributed by atoms with Crippen LogP contribution in [0, 0.1) is 11.6 Å². The van der Waals surface area contributed by atoms with E-state index in [9.17, 15) is 8.78 Å². The molecule has 4 nitrogen and oxygen atoms in total. The molecule has 2 N–H and O–H groups in total. The van der Waals surface area contributed by atoms with E-state index in [4.69, 9.17) is 22.7 Å². The fourth-order valence-corrected chi connectivity index (χ4v) is 1.40. The Balaban J connectivity index is 2.40. The number of aromatic nitrogens is 2. The van der Waals surface area contributed by atoms with E-state index in [0.29, 0.717) is 5.56 Å². The Hall–Kier alpha value is -2.15. The molecule has 0 spiro atoms. The van der Waals surface area contributed by atoms with Gasteiger partial charge in [-0.25, -0.2) is 8.78 Å². The lowest BCUT2D eigenvalue weighted by atomic mass is 10.3. The molecule has 0 atom stereocenters. The number of nitrogens with zero attached hydrogens (tertiary/aromatic N) is 2. The number of thiocarbonyl (C=S) groups is 1. The topological polar surface area (TPSA) is 61.0 Å². The van der Waals surface area contributed by atoms with Crippen LogP contribution < -0.4 is 10.5 Å². The number of halogens is 2. The smallest absolute Gasteiger partial charge is 0.249 e. The fraction of sp³-hybridized carbons (Fsp3) is 0. The van der Waals surface area contributed by atoms with Crippen molar-refractivity contribution >= 4 is 17.2 Å². The first-order valence-corrected chi connectivity index (χ1v) is 5.23. The number of ether oxygens (including phenoxy) is 1. The molecular formula is C11H7F2N3OS. The summed E-state index contributed by atoms with van der Waals surface area (Å²) in [5, 5.41) is 7.21. The molecule has 1 heterocycles. The van der Waals surface area contributed by atoms with E-state index in [1.807, 2.05) is 0 Å². The van der Waals surface area contributed by atoms with Gasteiger partial charge in [-0.05, 0) is 18.2 Å². The monoisotopic (exact) mass is 267 g/mol. The molecule has 2 aromatic rings. The summed E-state index contributed by atoms with van der Waals surface area (Å²) in [4.78, 5) is 0.0247. The lowest BCUT2D eigenvalue weighted by Crippen LogP contribution is -2.12. The highest BCUT2D eigenvalue weighted by Gasteiger charge is 2.12. The predicted molar refractivity (Wildman–Crippen MR) is 64.4 cm³/mol. The van der Waals surface area contributed by atoms with Gasteiger partial charge in [-0.1, -0.05) is 12.2 Å². The van der Waals surface area contributed by atoms with E-state index in [1.165, 1.54) is 12.3 Å². The van der Waals surface area contributed by atoms with Gasteiger partial charge in [-0.15, -0.1) is 5.10 Å². The number of nitrogens with two attached hydrogens (primary N) is 1. The highest BCUT2D eigenvalue weighted by molar-refractivity contribution is 7.80. The summed E-state index contributed by atoms with van der Waals surface area (Å²) in [6.07, 6.45) is 1.36. The van der Waals surface area contributed by atoms with E-state index in [-0.39, 0.29) is 16.6 Å². The summed E-state index contributed by atoms with van der Waals surface area (Å²) in [5.74, 6) is -1.74. The van der Waals surface area contributed by atoms with Gasteiger partial charge in [-0.3, -0.25) is 0 Å². The Labute approximate surface area is 106 Å². The summed E-state index contributed by atoms with van der Waals surface area (Å²) in [6, 6.07) is 4.30. The zero-order valence-corrected chi connectivity index (χ0v) is 9.75. The molecular weight excluding hydrogens is 260 g/mol. The van der Waals surface area contributed by atoms with Gasteiger partial charge >= 0.3 is 0 Å². The standard InChI is InChI=1S/C11H7F2N3OS/c12-6-1-2-8(13)9(5-6)17-11-7(10(14)18)3-4-15-16-11/h1-5H,(H2,14,18). The van der Waals surface area contributed by atoms with Crippen LogP contribution in [-0.2, 0) is 0 Å². The van der Waals surface area contributed by atoms with Crippen LogP contribution in [0.4, 0.5) is 8.78 Å².